The molecule has 0 unspecified atom stereocenters. The summed E-state index contributed by atoms with van der Waals surface area (Å²) < 4.78 is 40.7. The van der Waals surface area contributed by atoms with Crippen LogP contribution in [0.3, 0.4) is 0 Å². The zero-order valence-corrected chi connectivity index (χ0v) is 16.7. The second-order valence-electron chi connectivity index (χ2n) is 7.65. The number of hydrogen-bond acceptors (Lipinski definition) is 4. The van der Waals surface area contributed by atoms with Gasteiger partial charge in [-0.1, -0.05) is 6.07 Å². The molecule has 1 amide bonds. The Kier molecular flexibility index (Phi) is 5.13. The van der Waals surface area contributed by atoms with E-state index in [9.17, 15) is 18.0 Å². The Morgan fingerprint density at radius 1 is 1.07 bits per heavy atom. The smallest absolute Gasteiger partial charge is 0.368 e. The van der Waals surface area contributed by atoms with Gasteiger partial charge in [0, 0.05) is 49.5 Å². The molecule has 0 bridgehead atoms. The van der Waals surface area contributed by atoms with Crippen LogP contribution in [-0.4, -0.2) is 51.8 Å². The molecule has 0 aliphatic carbocycles. The number of carbonyl (C=O) groups excluding carboxylic acids is 1. The van der Waals surface area contributed by atoms with Crippen LogP contribution < -0.4 is 4.90 Å². The Labute approximate surface area is 171 Å². The fraction of sp³-hybridized carbons (Fsp3) is 0.381. The quantitative estimate of drug-likeness (QED) is 0.647. The number of nitrogens with zero attached hydrogens (tertiary/aromatic N) is 5. The molecule has 2 aromatic heterocycles. The van der Waals surface area contributed by atoms with E-state index in [0.717, 1.165) is 23.2 Å². The SMILES string of the molecule is CC(C)n1ncc2cc(C(=O)N3CCN(c4cccc(C(F)(F)F)c4)CC3)cnc21. The lowest BCUT2D eigenvalue weighted by atomic mass is 10.1. The highest BCUT2D eigenvalue weighted by Crippen LogP contribution is 2.32. The first-order valence-electron chi connectivity index (χ1n) is 9.79. The Bertz CT molecular complexity index is 1070. The van der Waals surface area contributed by atoms with Crippen molar-refractivity contribution in [2.45, 2.75) is 26.1 Å². The van der Waals surface area contributed by atoms with Crippen LogP contribution in [0.25, 0.3) is 11.0 Å². The first kappa shape index (κ1) is 20.2. The van der Waals surface area contributed by atoms with E-state index >= 15 is 0 Å². The van der Waals surface area contributed by atoms with E-state index in [1.807, 2.05) is 18.7 Å². The maximum absolute atomic E-state index is 13.0. The fourth-order valence-electron chi connectivity index (χ4n) is 3.66. The van der Waals surface area contributed by atoms with E-state index in [2.05, 4.69) is 10.1 Å². The van der Waals surface area contributed by atoms with Crippen molar-refractivity contribution in [2.75, 3.05) is 31.1 Å². The molecule has 3 heterocycles. The van der Waals surface area contributed by atoms with E-state index in [-0.39, 0.29) is 11.9 Å². The number of fused-ring (bicyclic) bond motifs is 1. The summed E-state index contributed by atoms with van der Waals surface area (Å²) in [5, 5.41) is 5.12. The van der Waals surface area contributed by atoms with Crippen LogP contribution in [0.2, 0.25) is 0 Å². The Hall–Kier alpha value is -3.10. The number of alkyl halides is 3. The molecule has 1 aliphatic rings. The first-order valence-corrected chi connectivity index (χ1v) is 9.79. The molecule has 1 saturated heterocycles. The highest BCUT2D eigenvalue weighted by Gasteiger charge is 2.31. The third kappa shape index (κ3) is 3.83. The van der Waals surface area contributed by atoms with Gasteiger partial charge in [0.25, 0.3) is 5.91 Å². The number of aromatic nitrogens is 3. The van der Waals surface area contributed by atoms with Gasteiger partial charge in [0.1, 0.15) is 0 Å². The lowest BCUT2D eigenvalue weighted by Gasteiger charge is -2.36. The first-order chi connectivity index (χ1) is 14.2. The predicted octanol–water partition coefficient (Wildman–Crippen LogP) is 3.99. The molecule has 6 nitrogen and oxygen atoms in total. The predicted molar refractivity (Wildman–Crippen MR) is 107 cm³/mol. The van der Waals surface area contributed by atoms with E-state index in [0.29, 0.717) is 37.4 Å². The number of hydrogen-bond donors (Lipinski definition) is 0. The van der Waals surface area contributed by atoms with E-state index in [1.54, 1.807) is 34.1 Å². The topological polar surface area (TPSA) is 54.3 Å². The van der Waals surface area contributed by atoms with Crippen molar-refractivity contribution in [3.05, 3.63) is 53.9 Å². The molecule has 0 spiro atoms. The number of anilines is 1. The standard InChI is InChI=1S/C21H22F3N5O/c1-14(2)29-19-15(13-26-29)10-16(12-25-19)20(30)28-8-6-27(7-9-28)18-5-3-4-17(11-18)21(22,23)24/h3-5,10-14H,6-9H2,1-2H3. The average molecular weight is 417 g/mol. The van der Waals surface area contributed by atoms with Gasteiger partial charge < -0.3 is 9.80 Å². The number of benzene rings is 1. The third-order valence-corrected chi connectivity index (χ3v) is 5.27. The number of halogens is 3. The minimum absolute atomic E-state index is 0.134. The molecule has 0 saturated carbocycles. The summed E-state index contributed by atoms with van der Waals surface area (Å²) in [4.78, 5) is 20.9. The molecule has 4 rings (SSSR count). The Morgan fingerprint density at radius 3 is 2.47 bits per heavy atom. The molecule has 9 heteroatoms. The maximum atomic E-state index is 13.0. The summed E-state index contributed by atoms with van der Waals surface area (Å²) in [5.41, 5.74) is 1.06. The monoisotopic (exact) mass is 417 g/mol. The van der Waals surface area contributed by atoms with Gasteiger partial charge in [-0.15, -0.1) is 0 Å². The van der Waals surface area contributed by atoms with Crippen LogP contribution in [-0.2, 0) is 6.18 Å². The zero-order chi connectivity index (χ0) is 21.5. The highest BCUT2D eigenvalue weighted by atomic mass is 19.4. The third-order valence-electron chi connectivity index (χ3n) is 5.27. The van der Waals surface area contributed by atoms with Crippen molar-refractivity contribution in [2.24, 2.45) is 0 Å². The summed E-state index contributed by atoms with van der Waals surface area (Å²) in [5.74, 6) is -0.134. The van der Waals surface area contributed by atoms with Crippen molar-refractivity contribution in [3.8, 4) is 0 Å². The van der Waals surface area contributed by atoms with Crippen LogP contribution in [0.1, 0.15) is 35.8 Å². The molecule has 1 aliphatic heterocycles. The molecule has 0 atom stereocenters. The summed E-state index contributed by atoms with van der Waals surface area (Å²) in [6.45, 7) is 5.81. The molecule has 0 N–H and O–H groups in total. The molecule has 0 radical (unpaired) electrons. The largest absolute Gasteiger partial charge is 0.416 e. The summed E-state index contributed by atoms with van der Waals surface area (Å²) >= 11 is 0. The van der Waals surface area contributed by atoms with E-state index in [1.165, 1.54) is 6.07 Å². The number of carbonyl (C=O) groups is 1. The normalized spacial score (nSPS) is 15.3. The summed E-state index contributed by atoms with van der Waals surface area (Å²) in [6, 6.07) is 7.25. The summed E-state index contributed by atoms with van der Waals surface area (Å²) in [6.07, 6.45) is -1.11. The molecule has 158 valence electrons. The minimum atomic E-state index is -4.37. The fourth-order valence-corrected chi connectivity index (χ4v) is 3.66. The molecule has 1 fully saturated rings. The molecule has 1 aromatic carbocycles. The number of piperazine rings is 1. The van der Waals surface area contributed by atoms with Crippen LogP contribution in [0.4, 0.5) is 18.9 Å². The van der Waals surface area contributed by atoms with Gasteiger partial charge in [0.15, 0.2) is 5.65 Å². The summed E-state index contributed by atoms with van der Waals surface area (Å²) in [7, 11) is 0. The van der Waals surface area contributed by atoms with E-state index < -0.39 is 11.7 Å². The van der Waals surface area contributed by atoms with Gasteiger partial charge in [-0.3, -0.25) is 4.79 Å². The Balaban J connectivity index is 1.45. The van der Waals surface area contributed by atoms with Gasteiger partial charge >= 0.3 is 6.18 Å². The second kappa shape index (κ2) is 7.62. The van der Waals surface area contributed by atoms with Crippen LogP contribution in [0.15, 0.2) is 42.7 Å². The number of pyridine rings is 1. The lowest BCUT2D eigenvalue weighted by molar-refractivity contribution is -0.137. The lowest BCUT2D eigenvalue weighted by Crippen LogP contribution is -2.48. The van der Waals surface area contributed by atoms with Gasteiger partial charge in [0.05, 0.1) is 17.3 Å². The Morgan fingerprint density at radius 2 is 1.80 bits per heavy atom. The highest BCUT2D eigenvalue weighted by molar-refractivity contribution is 5.97. The van der Waals surface area contributed by atoms with Crippen molar-refractivity contribution >= 4 is 22.6 Å². The number of rotatable bonds is 3. The van der Waals surface area contributed by atoms with Gasteiger partial charge in [0.2, 0.25) is 0 Å². The molecular weight excluding hydrogens is 395 g/mol. The van der Waals surface area contributed by atoms with Gasteiger partial charge in [-0.2, -0.15) is 18.3 Å². The molecular formula is C21H22F3N5O. The maximum Gasteiger partial charge on any atom is 0.416 e. The van der Waals surface area contributed by atoms with Crippen molar-refractivity contribution in [1.82, 2.24) is 19.7 Å². The van der Waals surface area contributed by atoms with Crippen molar-refractivity contribution < 1.29 is 18.0 Å². The van der Waals surface area contributed by atoms with Crippen LogP contribution >= 0.6 is 0 Å². The molecule has 30 heavy (non-hydrogen) atoms. The van der Waals surface area contributed by atoms with Crippen LogP contribution in [0, 0.1) is 0 Å². The van der Waals surface area contributed by atoms with Gasteiger partial charge in [-0.25, -0.2) is 9.67 Å². The minimum Gasteiger partial charge on any atom is -0.368 e. The van der Waals surface area contributed by atoms with Crippen LogP contribution in [0.5, 0.6) is 0 Å². The zero-order valence-electron chi connectivity index (χ0n) is 16.7. The second-order valence-corrected chi connectivity index (χ2v) is 7.65. The average Bonchev–Trinajstić information content (AvgIpc) is 3.16. The molecule has 3 aromatic rings. The van der Waals surface area contributed by atoms with Crippen molar-refractivity contribution in [3.63, 3.8) is 0 Å². The van der Waals surface area contributed by atoms with E-state index in [4.69, 9.17) is 0 Å². The number of amides is 1. The van der Waals surface area contributed by atoms with Crippen molar-refractivity contribution in [1.29, 1.82) is 0 Å². The van der Waals surface area contributed by atoms with Gasteiger partial charge in [-0.05, 0) is 38.1 Å².